The number of rotatable bonds is 3. The standard InChI is InChI=1S/C15H22N4O2/c1-13(20)18-9-11-19(12-10-18)15(21)17(2)8-5-14-3-6-16-7-4-14/h3-4,6-7H,5,8-12H2,1-2H3. The molecule has 2 rings (SSSR count). The SMILES string of the molecule is CC(=O)N1CCN(C(=O)N(C)CCc2ccncc2)CC1. The van der Waals surface area contributed by atoms with Crippen LogP contribution in [0.1, 0.15) is 12.5 Å². The second kappa shape index (κ2) is 7.06. The highest BCUT2D eigenvalue weighted by Gasteiger charge is 2.24. The van der Waals surface area contributed by atoms with Crippen LogP contribution < -0.4 is 0 Å². The molecule has 1 fully saturated rings. The third kappa shape index (κ3) is 4.18. The van der Waals surface area contributed by atoms with E-state index in [1.165, 1.54) is 5.56 Å². The van der Waals surface area contributed by atoms with E-state index in [2.05, 4.69) is 4.98 Å². The van der Waals surface area contributed by atoms with Gasteiger partial charge in [-0.05, 0) is 24.1 Å². The number of pyridine rings is 1. The van der Waals surface area contributed by atoms with Gasteiger partial charge in [-0.25, -0.2) is 4.79 Å². The van der Waals surface area contributed by atoms with Crippen molar-refractivity contribution >= 4 is 11.9 Å². The van der Waals surface area contributed by atoms with Crippen LogP contribution in [0.3, 0.4) is 0 Å². The summed E-state index contributed by atoms with van der Waals surface area (Å²) >= 11 is 0. The van der Waals surface area contributed by atoms with Gasteiger partial charge in [0.15, 0.2) is 0 Å². The molecule has 0 bridgehead atoms. The van der Waals surface area contributed by atoms with E-state index in [4.69, 9.17) is 0 Å². The minimum absolute atomic E-state index is 0.0345. The van der Waals surface area contributed by atoms with Crippen molar-refractivity contribution in [1.82, 2.24) is 19.7 Å². The molecule has 0 saturated carbocycles. The molecule has 1 saturated heterocycles. The van der Waals surface area contributed by atoms with Crippen LogP contribution in [0.15, 0.2) is 24.5 Å². The van der Waals surface area contributed by atoms with Crippen LogP contribution in [-0.4, -0.2) is 71.4 Å². The maximum Gasteiger partial charge on any atom is 0.319 e. The molecule has 0 atom stereocenters. The average molecular weight is 290 g/mol. The summed E-state index contributed by atoms with van der Waals surface area (Å²) in [5, 5.41) is 0. The predicted octanol–water partition coefficient (Wildman–Crippen LogP) is 0.840. The van der Waals surface area contributed by atoms with Crippen molar-refractivity contribution in [2.75, 3.05) is 39.8 Å². The van der Waals surface area contributed by atoms with Crippen molar-refractivity contribution in [2.45, 2.75) is 13.3 Å². The van der Waals surface area contributed by atoms with E-state index in [0.29, 0.717) is 32.7 Å². The zero-order valence-electron chi connectivity index (χ0n) is 12.7. The minimum Gasteiger partial charge on any atom is -0.339 e. The number of likely N-dealkylation sites (N-methyl/N-ethyl adjacent to an activating group) is 1. The molecule has 0 unspecified atom stereocenters. The summed E-state index contributed by atoms with van der Waals surface area (Å²) < 4.78 is 0. The molecule has 6 nitrogen and oxygen atoms in total. The van der Waals surface area contributed by atoms with Gasteiger partial charge in [-0.3, -0.25) is 9.78 Å². The first kappa shape index (κ1) is 15.3. The molecule has 1 aliphatic heterocycles. The van der Waals surface area contributed by atoms with E-state index in [1.54, 1.807) is 29.1 Å². The van der Waals surface area contributed by atoms with E-state index in [1.807, 2.05) is 24.1 Å². The van der Waals surface area contributed by atoms with E-state index in [9.17, 15) is 9.59 Å². The smallest absolute Gasteiger partial charge is 0.319 e. The first-order valence-corrected chi connectivity index (χ1v) is 7.22. The van der Waals surface area contributed by atoms with Gasteiger partial charge in [0, 0.05) is 59.1 Å². The molecule has 0 aliphatic carbocycles. The van der Waals surface area contributed by atoms with Crippen LogP contribution in [0, 0.1) is 0 Å². The lowest BCUT2D eigenvalue weighted by Gasteiger charge is -2.36. The van der Waals surface area contributed by atoms with Crippen LogP contribution in [0.4, 0.5) is 4.79 Å². The molecule has 6 heteroatoms. The highest BCUT2D eigenvalue weighted by atomic mass is 16.2. The van der Waals surface area contributed by atoms with Crippen LogP contribution >= 0.6 is 0 Å². The summed E-state index contributed by atoms with van der Waals surface area (Å²) in [6.45, 7) is 4.71. The van der Waals surface area contributed by atoms with Crippen molar-refractivity contribution in [3.63, 3.8) is 0 Å². The van der Waals surface area contributed by atoms with Crippen LogP contribution in [-0.2, 0) is 11.2 Å². The molecule has 0 N–H and O–H groups in total. The normalized spacial score (nSPS) is 15.0. The zero-order chi connectivity index (χ0) is 15.2. The molecule has 114 valence electrons. The summed E-state index contributed by atoms with van der Waals surface area (Å²) in [4.78, 5) is 32.9. The van der Waals surface area contributed by atoms with E-state index < -0.39 is 0 Å². The molecule has 0 aromatic carbocycles. The fraction of sp³-hybridized carbons (Fsp3) is 0.533. The molecule has 0 radical (unpaired) electrons. The van der Waals surface area contributed by atoms with Gasteiger partial charge in [0.25, 0.3) is 0 Å². The van der Waals surface area contributed by atoms with Crippen LogP contribution in [0.25, 0.3) is 0 Å². The van der Waals surface area contributed by atoms with Gasteiger partial charge >= 0.3 is 6.03 Å². The fourth-order valence-corrected chi connectivity index (χ4v) is 2.40. The Hall–Kier alpha value is -2.11. The Balaban J connectivity index is 1.79. The van der Waals surface area contributed by atoms with Gasteiger partial charge in [0.2, 0.25) is 5.91 Å². The lowest BCUT2D eigenvalue weighted by atomic mass is 10.2. The minimum atomic E-state index is 0.0345. The average Bonchev–Trinajstić information content (AvgIpc) is 2.53. The van der Waals surface area contributed by atoms with E-state index >= 15 is 0 Å². The number of carbonyl (C=O) groups excluding carboxylic acids is 2. The van der Waals surface area contributed by atoms with Crippen molar-refractivity contribution in [3.8, 4) is 0 Å². The Morgan fingerprint density at radius 3 is 2.29 bits per heavy atom. The number of urea groups is 1. The molecule has 1 aromatic heterocycles. The molecular formula is C15H22N4O2. The first-order chi connectivity index (χ1) is 10.1. The van der Waals surface area contributed by atoms with Crippen molar-refractivity contribution in [2.24, 2.45) is 0 Å². The number of piperazine rings is 1. The summed E-state index contributed by atoms with van der Waals surface area (Å²) in [5.41, 5.74) is 1.17. The number of hydrogen-bond donors (Lipinski definition) is 0. The first-order valence-electron chi connectivity index (χ1n) is 7.22. The third-order valence-corrected chi connectivity index (χ3v) is 3.81. The molecule has 1 aliphatic rings. The quantitative estimate of drug-likeness (QED) is 0.829. The number of hydrogen-bond acceptors (Lipinski definition) is 3. The third-order valence-electron chi connectivity index (χ3n) is 3.81. The highest BCUT2D eigenvalue weighted by molar-refractivity contribution is 5.76. The van der Waals surface area contributed by atoms with Crippen molar-refractivity contribution in [3.05, 3.63) is 30.1 Å². The van der Waals surface area contributed by atoms with Gasteiger partial charge in [-0.15, -0.1) is 0 Å². The molecule has 0 spiro atoms. The van der Waals surface area contributed by atoms with Crippen molar-refractivity contribution < 1.29 is 9.59 Å². The Labute approximate surface area is 125 Å². The Kier molecular flexibility index (Phi) is 5.14. The second-order valence-corrected chi connectivity index (χ2v) is 5.30. The van der Waals surface area contributed by atoms with E-state index in [-0.39, 0.29) is 11.9 Å². The highest BCUT2D eigenvalue weighted by Crippen LogP contribution is 2.06. The van der Waals surface area contributed by atoms with Gasteiger partial charge in [0.05, 0.1) is 0 Å². The zero-order valence-corrected chi connectivity index (χ0v) is 12.7. The number of nitrogens with zero attached hydrogens (tertiary/aromatic N) is 4. The molecule has 1 aromatic rings. The van der Waals surface area contributed by atoms with Crippen LogP contribution in [0.2, 0.25) is 0 Å². The Morgan fingerprint density at radius 2 is 1.71 bits per heavy atom. The second-order valence-electron chi connectivity index (χ2n) is 5.30. The summed E-state index contributed by atoms with van der Waals surface area (Å²) in [5.74, 6) is 0.0770. The summed E-state index contributed by atoms with van der Waals surface area (Å²) in [6, 6.07) is 3.96. The summed E-state index contributed by atoms with van der Waals surface area (Å²) in [6.07, 6.45) is 4.34. The Morgan fingerprint density at radius 1 is 1.14 bits per heavy atom. The largest absolute Gasteiger partial charge is 0.339 e. The maximum absolute atomic E-state index is 12.3. The van der Waals surface area contributed by atoms with Gasteiger partial charge in [-0.1, -0.05) is 0 Å². The Bertz CT molecular complexity index is 484. The van der Waals surface area contributed by atoms with Gasteiger partial charge in [0.1, 0.15) is 0 Å². The lowest BCUT2D eigenvalue weighted by Crippen LogP contribution is -2.53. The molecular weight excluding hydrogens is 268 g/mol. The number of aromatic nitrogens is 1. The van der Waals surface area contributed by atoms with Crippen molar-refractivity contribution in [1.29, 1.82) is 0 Å². The topological polar surface area (TPSA) is 56.8 Å². The fourth-order valence-electron chi connectivity index (χ4n) is 2.40. The monoisotopic (exact) mass is 290 g/mol. The van der Waals surface area contributed by atoms with Crippen LogP contribution in [0.5, 0.6) is 0 Å². The number of amides is 3. The van der Waals surface area contributed by atoms with Gasteiger partial charge < -0.3 is 14.7 Å². The molecule has 3 amide bonds. The lowest BCUT2D eigenvalue weighted by molar-refractivity contribution is -0.130. The molecule has 2 heterocycles. The summed E-state index contributed by atoms with van der Waals surface area (Å²) in [7, 11) is 1.82. The predicted molar refractivity (Wildman–Crippen MR) is 79.8 cm³/mol. The maximum atomic E-state index is 12.3. The van der Waals surface area contributed by atoms with E-state index in [0.717, 1.165) is 6.42 Å². The number of carbonyl (C=O) groups is 2. The van der Waals surface area contributed by atoms with Gasteiger partial charge in [-0.2, -0.15) is 0 Å². The molecule has 21 heavy (non-hydrogen) atoms.